The van der Waals surface area contributed by atoms with Crippen LogP contribution in [-0.2, 0) is 22.6 Å². The molecule has 0 saturated carbocycles. The fraction of sp³-hybridized carbons (Fsp3) is 0.217. The van der Waals surface area contributed by atoms with Crippen LogP contribution in [-0.4, -0.2) is 37.7 Å². The summed E-state index contributed by atoms with van der Waals surface area (Å²) < 4.78 is 24.6. The number of allylic oxidation sites excluding steroid dienone is 1. The second-order valence-corrected chi connectivity index (χ2v) is 9.82. The Hall–Kier alpha value is -3.59. The fourth-order valence-electron chi connectivity index (χ4n) is 3.18. The Labute approximate surface area is 188 Å². The molecule has 0 aliphatic heterocycles. The summed E-state index contributed by atoms with van der Waals surface area (Å²) in [5.74, 6) is 0.952. The molecule has 0 amide bonds. The minimum Gasteiger partial charge on any atom is -0.385 e. The Morgan fingerprint density at radius 3 is 2.62 bits per heavy atom. The first-order chi connectivity index (χ1) is 15.0. The minimum atomic E-state index is -3.06. The highest BCUT2D eigenvalue weighted by molar-refractivity contribution is 7.89. The average Bonchev–Trinajstić information content (AvgIpc) is 3.01. The molecule has 0 bridgehead atoms. The molecule has 1 heterocycles. The van der Waals surface area contributed by atoms with Crippen molar-refractivity contribution in [3.63, 3.8) is 0 Å². The molecule has 168 valence electrons. The molecule has 0 aliphatic rings. The van der Waals surface area contributed by atoms with Crippen molar-refractivity contribution in [1.29, 1.82) is 0 Å². The largest absolute Gasteiger partial charge is 0.385 e. The van der Waals surface area contributed by atoms with Gasteiger partial charge in [-0.3, -0.25) is 4.68 Å². The predicted octanol–water partition coefficient (Wildman–Crippen LogP) is 3.32. The van der Waals surface area contributed by atoms with Crippen LogP contribution < -0.4 is 16.0 Å². The molecule has 0 fully saturated rings. The van der Waals surface area contributed by atoms with Crippen LogP contribution in [0.25, 0.3) is 10.9 Å². The van der Waals surface area contributed by atoms with Gasteiger partial charge in [0, 0.05) is 49.0 Å². The van der Waals surface area contributed by atoms with Gasteiger partial charge >= 0.3 is 0 Å². The first-order valence-electron chi connectivity index (χ1n) is 9.93. The lowest BCUT2D eigenvalue weighted by Gasteiger charge is -2.19. The van der Waals surface area contributed by atoms with Gasteiger partial charge in [0.1, 0.15) is 11.6 Å². The SMILES string of the molecule is C=C(/N=C\C=C(/N)N(C)c1ccc2c(C)n(C)nc2c1)Nc1ccc(CS(C)(=O)=O)cc1. The second kappa shape index (κ2) is 9.27. The van der Waals surface area contributed by atoms with Gasteiger partial charge in [-0.1, -0.05) is 18.7 Å². The normalized spacial score (nSPS) is 12.4. The summed E-state index contributed by atoms with van der Waals surface area (Å²) in [5.41, 5.74) is 10.6. The van der Waals surface area contributed by atoms with Crippen LogP contribution in [0.3, 0.4) is 0 Å². The number of benzene rings is 2. The zero-order chi connectivity index (χ0) is 23.5. The van der Waals surface area contributed by atoms with E-state index in [1.165, 1.54) is 6.26 Å². The maximum absolute atomic E-state index is 11.4. The van der Waals surface area contributed by atoms with Gasteiger partial charge in [-0.05, 0) is 48.9 Å². The number of nitrogens with zero attached hydrogens (tertiary/aromatic N) is 4. The van der Waals surface area contributed by atoms with Crippen molar-refractivity contribution in [3.05, 3.63) is 78.0 Å². The fourth-order valence-corrected chi connectivity index (χ4v) is 3.98. The van der Waals surface area contributed by atoms with E-state index in [9.17, 15) is 8.42 Å². The monoisotopic (exact) mass is 452 g/mol. The molecule has 3 N–H and O–H groups in total. The summed E-state index contributed by atoms with van der Waals surface area (Å²) in [5, 5.41) is 8.69. The van der Waals surface area contributed by atoms with E-state index in [4.69, 9.17) is 5.73 Å². The van der Waals surface area contributed by atoms with Crippen molar-refractivity contribution in [2.75, 3.05) is 23.5 Å². The lowest BCUT2D eigenvalue weighted by molar-refractivity contribution is 0.601. The highest BCUT2D eigenvalue weighted by atomic mass is 32.2. The minimum absolute atomic E-state index is 0.0108. The molecule has 3 aromatic rings. The molecule has 3 rings (SSSR count). The molecule has 0 spiro atoms. The number of aromatic nitrogens is 2. The molecule has 0 saturated heterocycles. The Balaban J connectivity index is 1.62. The number of rotatable bonds is 8. The summed E-state index contributed by atoms with van der Waals surface area (Å²) in [6.45, 7) is 5.91. The van der Waals surface area contributed by atoms with Crippen molar-refractivity contribution in [3.8, 4) is 0 Å². The van der Waals surface area contributed by atoms with E-state index >= 15 is 0 Å². The van der Waals surface area contributed by atoms with Crippen molar-refractivity contribution >= 4 is 38.3 Å². The quantitative estimate of drug-likeness (QED) is 0.508. The Morgan fingerprint density at radius 2 is 1.97 bits per heavy atom. The van der Waals surface area contributed by atoms with Gasteiger partial charge in [-0.25, -0.2) is 13.4 Å². The van der Waals surface area contributed by atoms with Gasteiger partial charge < -0.3 is 16.0 Å². The summed E-state index contributed by atoms with van der Waals surface area (Å²) in [7, 11) is 0.741. The molecule has 8 nitrogen and oxygen atoms in total. The summed E-state index contributed by atoms with van der Waals surface area (Å²) in [4.78, 5) is 6.11. The van der Waals surface area contributed by atoms with E-state index < -0.39 is 9.84 Å². The standard InChI is InChI=1S/C23H28N6O2S/c1-16-21-11-10-20(14-22(21)27-29(16)4)28(3)23(24)12-13-25-17(2)26-19-8-6-18(7-9-19)15-32(5,30)31/h6-14,26H,2,15,24H2,1,3-5H3/b23-12+,25-13-. The molecule has 2 aromatic carbocycles. The Bertz CT molecular complexity index is 1300. The zero-order valence-corrected chi connectivity index (χ0v) is 19.5. The van der Waals surface area contributed by atoms with E-state index in [2.05, 4.69) is 22.0 Å². The molecule has 0 radical (unpaired) electrons. The third kappa shape index (κ3) is 5.76. The molecule has 32 heavy (non-hydrogen) atoms. The number of sulfone groups is 1. The number of anilines is 2. The Morgan fingerprint density at radius 1 is 1.28 bits per heavy atom. The second-order valence-electron chi connectivity index (χ2n) is 7.68. The molecule has 0 unspecified atom stereocenters. The highest BCUT2D eigenvalue weighted by Crippen LogP contribution is 2.24. The van der Waals surface area contributed by atoms with Crippen molar-refractivity contribution in [2.24, 2.45) is 17.8 Å². The van der Waals surface area contributed by atoms with Gasteiger partial charge in [-0.2, -0.15) is 5.10 Å². The van der Waals surface area contributed by atoms with Crippen molar-refractivity contribution < 1.29 is 8.42 Å². The van der Waals surface area contributed by atoms with Crippen LogP contribution >= 0.6 is 0 Å². The summed E-state index contributed by atoms with van der Waals surface area (Å²) in [6.07, 6.45) is 4.47. The average molecular weight is 453 g/mol. The number of aliphatic imine (C=N–C) groups is 1. The van der Waals surface area contributed by atoms with Crippen LogP contribution in [0.2, 0.25) is 0 Å². The number of nitrogens with two attached hydrogens (primary N) is 1. The van der Waals surface area contributed by atoms with Crippen LogP contribution in [0.15, 0.2) is 71.8 Å². The maximum Gasteiger partial charge on any atom is 0.151 e. The summed E-state index contributed by atoms with van der Waals surface area (Å²) in [6, 6.07) is 13.1. The predicted molar refractivity (Wildman–Crippen MR) is 132 cm³/mol. The van der Waals surface area contributed by atoms with Gasteiger partial charge in [-0.15, -0.1) is 0 Å². The van der Waals surface area contributed by atoms with E-state index in [0.717, 1.165) is 33.5 Å². The molecule has 0 aliphatic carbocycles. The maximum atomic E-state index is 11.4. The zero-order valence-electron chi connectivity index (χ0n) is 18.7. The van der Waals surface area contributed by atoms with Crippen LogP contribution in [0.4, 0.5) is 11.4 Å². The van der Waals surface area contributed by atoms with Crippen LogP contribution in [0.5, 0.6) is 0 Å². The van der Waals surface area contributed by atoms with E-state index in [1.807, 2.05) is 48.8 Å². The number of fused-ring (bicyclic) bond motifs is 1. The third-order valence-electron chi connectivity index (χ3n) is 5.04. The first kappa shape index (κ1) is 23.1. The summed E-state index contributed by atoms with van der Waals surface area (Å²) >= 11 is 0. The van der Waals surface area contributed by atoms with Crippen molar-refractivity contribution in [1.82, 2.24) is 9.78 Å². The highest BCUT2D eigenvalue weighted by Gasteiger charge is 2.09. The number of hydrogen-bond acceptors (Lipinski definition) is 7. The smallest absolute Gasteiger partial charge is 0.151 e. The van der Waals surface area contributed by atoms with Crippen molar-refractivity contribution in [2.45, 2.75) is 12.7 Å². The van der Waals surface area contributed by atoms with Gasteiger partial charge in [0.25, 0.3) is 0 Å². The van der Waals surface area contributed by atoms with Crippen LogP contribution in [0, 0.1) is 6.92 Å². The number of hydrogen-bond donors (Lipinski definition) is 2. The van der Waals surface area contributed by atoms with Gasteiger partial charge in [0.05, 0.1) is 11.3 Å². The molecular weight excluding hydrogens is 424 g/mol. The molecule has 9 heteroatoms. The molecule has 0 atom stereocenters. The topological polar surface area (TPSA) is 106 Å². The molecular formula is C23H28N6O2S. The number of aryl methyl sites for hydroxylation is 2. The lowest BCUT2D eigenvalue weighted by atomic mass is 10.2. The first-order valence-corrected chi connectivity index (χ1v) is 12.0. The van der Waals surface area contributed by atoms with Gasteiger partial charge in [0.15, 0.2) is 9.84 Å². The lowest BCUT2D eigenvalue weighted by Crippen LogP contribution is -2.22. The van der Waals surface area contributed by atoms with Crippen LogP contribution in [0.1, 0.15) is 11.3 Å². The van der Waals surface area contributed by atoms with E-state index in [1.54, 1.807) is 36.6 Å². The Kier molecular flexibility index (Phi) is 6.69. The van der Waals surface area contributed by atoms with E-state index in [-0.39, 0.29) is 5.75 Å². The number of nitrogens with one attached hydrogen (secondary N) is 1. The van der Waals surface area contributed by atoms with Gasteiger partial charge in [0.2, 0.25) is 0 Å². The third-order valence-corrected chi connectivity index (χ3v) is 5.89. The van der Waals surface area contributed by atoms with E-state index in [0.29, 0.717) is 11.6 Å². The molecule has 1 aromatic heterocycles.